The molecule has 162 valence electrons. The molecule has 2 aromatic heterocycles. The summed E-state index contributed by atoms with van der Waals surface area (Å²) < 4.78 is 0. The summed E-state index contributed by atoms with van der Waals surface area (Å²) in [4.78, 5) is 23.8. The Morgan fingerprint density at radius 3 is 2.55 bits per heavy atom. The molecule has 31 heavy (non-hydrogen) atoms. The minimum Gasteiger partial charge on any atom is -0.355 e. The maximum absolute atomic E-state index is 11.2. The molecule has 0 spiro atoms. The SMILES string of the molecule is CC(=O)Nc1ccc(Sc2nc(Nc3cc(C)[nH]n3)c(Cl)c(N3CCCCC3)n2)cc1. The van der Waals surface area contributed by atoms with Gasteiger partial charge in [0, 0.05) is 42.4 Å². The predicted molar refractivity (Wildman–Crippen MR) is 125 cm³/mol. The number of hydrogen-bond donors (Lipinski definition) is 3. The number of halogens is 1. The minimum absolute atomic E-state index is 0.100. The van der Waals surface area contributed by atoms with E-state index in [0.29, 0.717) is 21.8 Å². The number of nitrogens with one attached hydrogen (secondary N) is 3. The van der Waals surface area contributed by atoms with Crippen LogP contribution in [0.1, 0.15) is 31.9 Å². The largest absolute Gasteiger partial charge is 0.355 e. The number of aromatic nitrogens is 4. The predicted octanol–water partition coefficient (Wildman–Crippen LogP) is 5.01. The fraction of sp³-hybridized carbons (Fsp3) is 0.333. The van der Waals surface area contributed by atoms with Crippen LogP contribution in [-0.2, 0) is 4.79 Å². The lowest BCUT2D eigenvalue weighted by Crippen LogP contribution is -2.30. The number of piperidine rings is 1. The summed E-state index contributed by atoms with van der Waals surface area (Å²) in [6.07, 6.45) is 3.46. The highest BCUT2D eigenvalue weighted by Crippen LogP contribution is 2.36. The van der Waals surface area contributed by atoms with E-state index in [1.54, 1.807) is 0 Å². The number of carbonyl (C=O) groups excluding carboxylic acids is 1. The minimum atomic E-state index is -0.100. The Kier molecular flexibility index (Phi) is 6.62. The van der Waals surface area contributed by atoms with E-state index in [4.69, 9.17) is 16.6 Å². The maximum atomic E-state index is 11.2. The molecule has 1 aromatic carbocycles. The summed E-state index contributed by atoms with van der Waals surface area (Å²) in [5.74, 6) is 1.82. The molecule has 0 aliphatic carbocycles. The maximum Gasteiger partial charge on any atom is 0.221 e. The molecule has 3 N–H and O–H groups in total. The van der Waals surface area contributed by atoms with Crippen LogP contribution in [0, 0.1) is 6.92 Å². The highest BCUT2D eigenvalue weighted by molar-refractivity contribution is 7.99. The molecular formula is C21H24ClN7OS. The first-order valence-electron chi connectivity index (χ1n) is 10.1. The van der Waals surface area contributed by atoms with Gasteiger partial charge in [0.15, 0.2) is 22.6 Å². The van der Waals surface area contributed by atoms with Gasteiger partial charge in [-0.3, -0.25) is 9.89 Å². The molecule has 0 bridgehead atoms. The highest BCUT2D eigenvalue weighted by atomic mass is 35.5. The van der Waals surface area contributed by atoms with Crippen LogP contribution in [0.15, 0.2) is 40.4 Å². The zero-order valence-electron chi connectivity index (χ0n) is 17.4. The lowest BCUT2D eigenvalue weighted by Gasteiger charge is -2.29. The Morgan fingerprint density at radius 2 is 1.90 bits per heavy atom. The summed E-state index contributed by atoms with van der Waals surface area (Å²) in [7, 11) is 0. The zero-order valence-corrected chi connectivity index (χ0v) is 19.0. The number of hydrogen-bond acceptors (Lipinski definition) is 7. The van der Waals surface area contributed by atoms with Crippen LogP contribution in [-0.4, -0.2) is 39.2 Å². The van der Waals surface area contributed by atoms with Crippen molar-refractivity contribution in [3.63, 3.8) is 0 Å². The van der Waals surface area contributed by atoms with Crippen LogP contribution in [0.2, 0.25) is 5.02 Å². The number of aryl methyl sites for hydroxylation is 1. The van der Waals surface area contributed by atoms with Gasteiger partial charge in [0.05, 0.1) is 0 Å². The average Bonchev–Trinajstić information content (AvgIpc) is 3.16. The fourth-order valence-corrected chi connectivity index (χ4v) is 4.38. The lowest BCUT2D eigenvalue weighted by atomic mass is 10.1. The van der Waals surface area contributed by atoms with Gasteiger partial charge in [-0.15, -0.1) is 0 Å². The first kappa shape index (κ1) is 21.5. The molecule has 3 aromatic rings. The van der Waals surface area contributed by atoms with Gasteiger partial charge in [-0.25, -0.2) is 9.97 Å². The van der Waals surface area contributed by atoms with Crippen molar-refractivity contribution >= 4 is 52.4 Å². The molecule has 1 saturated heterocycles. The number of anilines is 4. The van der Waals surface area contributed by atoms with Crippen molar-refractivity contribution in [3.8, 4) is 0 Å². The summed E-state index contributed by atoms with van der Waals surface area (Å²) in [6.45, 7) is 5.27. The molecule has 4 rings (SSSR count). The van der Waals surface area contributed by atoms with Gasteiger partial charge >= 0.3 is 0 Å². The Balaban J connectivity index is 1.63. The van der Waals surface area contributed by atoms with Crippen LogP contribution in [0.3, 0.4) is 0 Å². The van der Waals surface area contributed by atoms with Crippen LogP contribution >= 0.6 is 23.4 Å². The van der Waals surface area contributed by atoms with Crippen molar-refractivity contribution in [1.82, 2.24) is 20.2 Å². The second-order valence-electron chi connectivity index (χ2n) is 7.41. The molecule has 1 fully saturated rings. The third-order valence-corrected chi connectivity index (χ3v) is 6.03. The topological polar surface area (TPSA) is 98.8 Å². The van der Waals surface area contributed by atoms with Crippen molar-refractivity contribution in [2.45, 2.75) is 43.2 Å². The monoisotopic (exact) mass is 457 g/mol. The van der Waals surface area contributed by atoms with Crippen molar-refractivity contribution < 1.29 is 4.79 Å². The Bertz CT molecular complexity index is 1060. The van der Waals surface area contributed by atoms with E-state index in [9.17, 15) is 4.79 Å². The molecule has 0 radical (unpaired) electrons. The molecule has 0 atom stereocenters. The molecule has 0 saturated carbocycles. The van der Waals surface area contributed by atoms with Gasteiger partial charge in [-0.2, -0.15) is 5.10 Å². The van der Waals surface area contributed by atoms with E-state index in [-0.39, 0.29) is 5.91 Å². The molecule has 3 heterocycles. The van der Waals surface area contributed by atoms with Crippen molar-refractivity contribution in [2.75, 3.05) is 28.6 Å². The Morgan fingerprint density at radius 1 is 1.16 bits per heavy atom. The standard InChI is InChI=1S/C21H24ClN7OS/c1-13-12-17(28-27-13)24-19-18(22)20(29-10-4-3-5-11-29)26-21(25-19)31-16-8-6-15(7-9-16)23-14(2)30/h6-9,12H,3-5,10-11H2,1-2H3,(H,23,30)(H2,24,25,26,27,28). The number of nitrogens with zero attached hydrogens (tertiary/aromatic N) is 4. The smallest absolute Gasteiger partial charge is 0.221 e. The molecular weight excluding hydrogens is 434 g/mol. The summed E-state index contributed by atoms with van der Waals surface area (Å²) in [5, 5.41) is 14.2. The molecule has 1 aliphatic rings. The number of H-pyrrole nitrogens is 1. The third kappa shape index (κ3) is 5.48. The first-order valence-corrected chi connectivity index (χ1v) is 11.3. The van der Waals surface area contributed by atoms with E-state index < -0.39 is 0 Å². The Hall–Kier alpha value is -2.78. The number of aromatic amines is 1. The molecule has 1 aliphatic heterocycles. The van der Waals surface area contributed by atoms with Gasteiger partial charge in [-0.05, 0) is 62.2 Å². The molecule has 1 amide bonds. The van der Waals surface area contributed by atoms with E-state index in [0.717, 1.165) is 48.0 Å². The van der Waals surface area contributed by atoms with Crippen molar-refractivity contribution in [1.29, 1.82) is 0 Å². The van der Waals surface area contributed by atoms with Gasteiger partial charge in [0.1, 0.15) is 5.02 Å². The van der Waals surface area contributed by atoms with Crippen molar-refractivity contribution in [2.24, 2.45) is 0 Å². The average molecular weight is 458 g/mol. The lowest BCUT2D eigenvalue weighted by molar-refractivity contribution is -0.114. The van der Waals surface area contributed by atoms with Crippen LogP contribution in [0.5, 0.6) is 0 Å². The first-order chi connectivity index (χ1) is 15.0. The second kappa shape index (κ2) is 9.57. The third-order valence-electron chi connectivity index (χ3n) is 4.81. The number of benzene rings is 1. The fourth-order valence-electron chi connectivity index (χ4n) is 3.38. The quantitative estimate of drug-likeness (QED) is 0.447. The van der Waals surface area contributed by atoms with Gasteiger partial charge in [-0.1, -0.05) is 11.6 Å². The summed E-state index contributed by atoms with van der Waals surface area (Å²) >= 11 is 8.17. The summed E-state index contributed by atoms with van der Waals surface area (Å²) in [6, 6.07) is 9.47. The number of carbonyl (C=O) groups is 1. The summed E-state index contributed by atoms with van der Waals surface area (Å²) in [5.41, 5.74) is 1.69. The number of amides is 1. The van der Waals surface area contributed by atoms with Crippen LogP contribution < -0.4 is 15.5 Å². The van der Waals surface area contributed by atoms with Crippen LogP contribution in [0.25, 0.3) is 0 Å². The van der Waals surface area contributed by atoms with E-state index >= 15 is 0 Å². The second-order valence-corrected chi connectivity index (χ2v) is 8.83. The zero-order chi connectivity index (χ0) is 21.8. The van der Waals surface area contributed by atoms with E-state index in [1.165, 1.54) is 25.1 Å². The molecule has 8 nitrogen and oxygen atoms in total. The van der Waals surface area contributed by atoms with E-state index in [2.05, 4.69) is 30.7 Å². The van der Waals surface area contributed by atoms with Gasteiger partial charge in [0.2, 0.25) is 5.91 Å². The van der Waals surface area contributed by atoms with Crippen molar-refractivity contribution in [3.05, 3.63) is 41.0 Å². The highest BCUT2D eigenvalue weighted by Gasteiger charge is 2.21. The van der Waals surface area contributed by atoms with Gasteiger partial charge in [0.25, 0.3) is 0 Å². The molecule has 10 heteroatoms. The van der Waals surface area contributed by atoms with E-state index in [1.807, 2.05) is 37.3 Å². The normalized spacial score (nSPS) is 13.8. The Labute approximate surface area is 190 Å². The molecule has 0 unspecified atom stereocenters. The number of rotatable bonds is 6. The van der Waals surface area contributed by atoms with Gasteiger partial charge < -0.3 is 15.5 Å². The van der Waals surface area contributed by atoms with Crippen LogP contribution in [0.4, 0.5) is 23.1 Å².